The molecule has 1 aliphatic heterocycles. The van der Waals surface area contributed by atoms with E-state index in [2.05, 4.69) is 6.07 Å². The molecule has 33 heavy (non-hydrogen) atoms. The van der Waals surface area contributed by atoms with Gasteiger partial charge in [-0.3, -0.25) is 9.78 Å². The summed E-state index contributed by atoms with van der Waals surface area (Å²) in [5.41, 5.74) is 4.99. The molecule has 4 nitrogen and oxygen atoms in total. The van der Waals surface area contributed by atoms with Crippen molar-refractivity contribution >= 4 is 22.9 Å². The molecule has 2 aromatic carbocycles. The lowest BCUT2D eigenvalue weighted by atomic mass is 9.92. The molecule has 0 amide bonds. The van der Waals surface area contributed by atoms with Gasteiger partial charge in [-0.15, -0.1) is 0 Å². The summed E-state index contributed by atoms with van der Waals surface area (Å²) < 4.78 is 25.2. The lowest BCUT2D eigenvalue weighted by molar-refractivity contribution is -0.161. The average molecular weight is 446 g/mol. The van der Waals surface area contributed by atoms with Gasteiger partial charge in [0.1, 0.15) is 11.9 Å². The third-order valence-electron chi connectivity index (χ3n) is 6.17. The van der Waals surface area contributed by atoms with Gasteiger partial charge in [-0.1, -0.05) is 36.4 Å². The molecular formula is C28H28FNO3. The molecular weight excluding hydrogens is 417 g/mol. The Balaban J connectivity index is 1.59. The number of carbonyl (C=O) groups excluding carboxylic acids is 1. The van der Waals surface area contributed by atoms with E-state index in [1.54, 1.807) is 0 Å². The Morgan fingerprint density at radius 3 is 2.61 bits per heavy atom. The molecule has 3 aromatic rings. The maximum Gasteiger partial charge on any atom is 0.309 e. The van der Waals surface area contributed by atoms with Gasteiger partial charge in [0.15, 0.2) is 0 Å². The zero-order chi connectivity index (χ0) is 22.9. The number of hydrogen-bond donors (Lipinski definition) is 0. The van der Waals surface area contributed by atoms with Crippen LogP contribution in [0.4, 0.5) is 4.39 Å². The minimum absolute atomic E-state index is 0.0572. The molecule has 0 radical (unpaired) electrons. The van der Waals surface area contributed by atoms with Crippen molar-refractivity contribution in [2.75, 3.05) is 0 Å². The van der Waals surface area contributed by atoms with Crippen LogP contribution in [0.5, 0.6) is 0 Å². The fourth-order valence-electron chi connectivity index (χ4n) is 4.61. The molecule has 5 heteroatoms. The molecule has 1 saturated heterocycles. The summed E-state index contributed by atoms with van der Waals surface area (Å²) >= 11 is 0. The molecule has 1 saturated carbocycles. The normalized spacial score (nSPS) is 21.2. The SMILES string of the molecule is CC(C)OC1CC(=O)OC(/C=C/c2c(C3CC3)nc3ccccc3c2-c2ccc(F)cc2)C1. The van der Waals surface area contributed by atoms with Crippen molar-refractivity contribution in [3.8, 4) is 11.1 Å². The number of para-hydroxylation sites is 1. The highest BCUT2D eigenvalue weighted by molar-refractivity contribution is 5.99. The number of esters is 1. The van der Waals surface area contributed by atoms with Crippen LogP contribution >= 0.6 is 0 Å². The Hall–Kier alpha value is -3.05. The van der Waals surface area contributed by atoms with Crippen LogP contribution in [0.25, 0.3) is 28.1 Å². The van der Waals surface area contributed by atoms with Crippen molar-refractivity contribution in [2.24, 2.45) is 0 Å². The standard InChI is InChI=1S/C28H28FNO3/c1-17(2)32-22-15-21(33-26(31)16-22)13-14-24-27(18-9-11-20(29)12-10-18)23-5-3-4-6-25(23)30-28(24)19-7-8-19/h3-6,9-14,17,19,21-22H,7-8,15-16H2,1-2H3/b14-13+. The summed E-state index contributed by atoms with van der Waals surface area (Å²) in [7, 11) is 0. The van der Waals surface area contributed by atoms with E-state index >= 15 is 0 Å². The van der Waals surface area contributed by atoms with E-state index in [4.69, 9.17) is 14.5 Å². The summed E-state index contributed by atoms with van der Waals surface area (Å²) in [4.78, 5) is 17.2. The number of halogens is 1. The van der Waals surface area contributed by atoms with E-state index in [1.807, 2.05) is 56.3 Å². The van der Waals surface area contributed by atoms with Crippen LogP contribution in [0.2, 0.25) is 0 Å². The predicted molar refractivity (Wildman–Crippen MR) is 127 cm³/mol. The molecule has 2 unspecified atom stereocenters. The lowest BCUT2D eigenvalue weighted by Gasteiger charge is -2.28. The van der Waals surface area contributed by atoms with E-state index in [0.29, 0.717) is 12.3 Å². The number of cyclic esters (lactones) is 1. The number of ether oxygens (including phenoxy) is 2. The second-order valence-corrected chi connectivity index (χ2v) is 9.22. The molecule has 2 aliphatic rings. The van der Waals surface area contributed by atoms with Gasteiger partial charge < -0.3 is 9.47 Å². The fourth-order valence-corrected chi connectivity index (χ4v) is 4.61. The first-order valence-electron chi connectivity index (χ1n) is 11.7. The fraction of sp³-hybridized carbons (Fsp3) is 0.357. The first kappa shape index (κ1) is 21.8. The highest BCUT2D eigenvalue weighted by Gasteiger charge is 2.31. The van der Waals surface area contributed by atoms with Gasteiger partial charge in [-0.25, -0.2) is 4.39 Å². The quantitative estimate of drug-likeness (QED) is 0.410. The number of hydrogen-bond acceptors (Lipinski definition) is 4. The van der Waals surface area contributed by atoms with Crippen LogP contribution in [0.1, 0.15) is 56.7 Å². The summed E-state index contributed by atoms with van der Waals surface area (Å²) in [5, 5.41) is 1.02. The summed E-state index contributed by atoms with van der Waals surface area (Å²) in [6.45, 7) is 3.95. The van der Waals surface area contributed by atoms with Gasteiger partial charge in [-0.05, 0) is 56.5 Å². The van der Waals surface area contributed by atoms with Gasteiger partial charge in [0.2, 0.25) is 0 Å². The second-order valence-electron chi connectivity index (χ2n) is 9.22. The Bertz CT molecular complexity index is 1200. The highest BCUT2D eigenvalue weighted by Crippen LogP contribution is 2.45. The summed E-state index contributed by atoms with van der Waals surface area (Å²) in [6.07, 6.45) is 6.70. The monoisotopic (exact) mass is 445 g/mol. The maximum absolute atomic E-state index is 13.7. The van der Waals surface area contributed by atoms with Crippen LogP contribution in [0.3, 0.4) is 0 Å². The van der Waals surface area contributed by atoms with Crippen LogP contribution in [0.15, 0.2) is 54.6 Å². The van der Waals surface area contributed by atoms with Crippen LogP contribution in [0, 0.1) is 5.82 Å². The Morgan fingerprint density at radius 2 is 1.88 bits per heavy atom. The van der Waals surface area contributed by atoms with Gasteiger partial charge in [-0.2, -0.15) is 0 Å². The molecule has 0 spiro atoms. The zero-order valence-electron chi connectivity index (χ0n) is 19.0. The molecule has 2 heterocycles. The van der Waals surface area contributed by atoms with E-state index in [1.165, 1.54) is 12.1 Å². The van der Waals surface area contributed by atoms with Crippen LogP contribution in [-0.4, -0.2) is 29.3 Å². The third-order valence-corrected chi connectivity index (χ3v) is 6.17. The average Bonchev–Trinajstić information content (AvgIpc) is 3.62. The van der Waals surface area contributed by atoms with Gasteiger partial charge in [0, 0.05) is 28.9 Å². The highest BCUT2D eigenvalue weighted by atomic mass is 19.1. The van der Waals surface area contributed by atoms with E-state index in [9.17, 15) is 9.18 Å². The van der Waals surface area contributed by atoms with Crippen molar-refractivity contribution in [2.45, 2.75) is 63.8 Å². The predicted octanol–water partition coefficient (Wildman–Crippen LogP) is 6.43. The smallest absolute Gasteiger partial charge is 0.309 e. The topological polar surface area (TPSA) is 48.4 Å². The number of benzene rings is 2. The number of rotatable bonds is 6. The third kappa shape index (κ3) is 4.83. The van der Waals surface area contributed by atoms with Crippen molar-refractivity contribution in [3.63, 3.8) is 0 Å². The molecule has 5 rings (SSSR count). The maximum atomic E-state index is 13.7. The molecule has 0 N–H and O–H groups in total. The minimum atomic E-state index is -0.352. The Labute approximate surface area is 193 Å². The minimum Gasteiger partial charge on any atom is -0.458 e. The van der Waals surface area contributed by atoms with Crippen molar-refractivity contribution in [1.29, 1.82) is 0 Å². The Kier molecular flexibility index (Phi) is 5.98. The van der Waals surface area contributed by atoms with Gasteiger partial charge in [0.05, 0.1) is 29.8 Å². The van der Waals surface area contributed by atoms with E-state index in [0.717, 1.165) is 46.1 Å². The number of nitrogens with zero attached hydrogens (tertiary/aromatic N) is 1. The number of aromatic nitrogens is 1. The van der Waals surface area contributed by atoms with E-state index in [-0.39, 0.29) is 36.5 Å². The number of carbonyl (C=O) groups is 1. The number of pyridine rings is 1. The first-order chi connectivity index (χ1) is 16.0. The molecule has 170 valence electrons. The zero-order valence-corrected chi connectivity index (χ0v) is 19.0. The van der Waals surface area contributed by atoms with Crippen molar-refractivity contribution in [1.82, 2.24) is 4.98 Å². The molecule has 0 bridgehead atoms. The van der Waals surface area contributed by atoms with Crippen LogP contribution < -0.4 is 0 Å². The van der Waals surface area contributed by atoms with Crippen molar-refractivity contribution < 1.29 is 18.7 Å². The second kappa shape index (κ2) is 9.06. The largest absolute Gasteiger partial charge is 0.458 e. The van der Waals surface area contributed by atoms with Gasteiger partial charge in [0.25, 0.3) is 0 Å². The van der Waals surface area contributed by atoms with Gasteiger partial charge >= 0.3 is 5.97 Å². The van der Waals surface area contributed by atoms with Crippen molar-refractivity contribution in [3.05, 3.63) is 71.7 Å². The number of fused-ring (bicyclic) bond motifs is 1. The van der Waals surface area contributed by atoms with E-state index < -0.39 is 0 Å². The molecule has 2 atom stereocenters. The van der Waals surface area contributed by atoms with Crippen LogP contribution in [-0.2, 0) is 14.3 Å². The molecule has 1 aromatic heterocycles. The Morgan fingerprint density at radius 1 is 1.12 bits per heavy atom. The lowest BCUT2D eigenvalue weighted by Crippen LogP contribution is -2.34. The summed E-state index contributed by atoms with van der Waals surface area (Å²) in [6, 6.07) is 14.7. The first-order valence-corrected chi connectivity index (χ1v) is 11.7. The summed E-state index contributed by atoms with van der Waals surface area (Å²) in [5.74, 6) is -0.0827. The molecule has 2 fully saturated rings. The molecule has 1 aliphatic carbocycles.